The first-order chi connectivity index (χ1) is 14.1. The van der Waals surface area contributed by atoms with E-state index in [1.807, 2.05) is 13.0 Å². The molecule has 2 aliphatic rings. The van der Waals surface area contributed by atoms with Crippen molar-refractivity contribution in [2.75, 3.05) is 25.0 Å². The highest BCUT2D eigenvalue weighted by Crippen LogP contribution is 2.34. The minimum absolute atomic E-state index is 0.0200. The molecule has 29 heavy (non-hydrogen) atoms. The standard InChI is InChI=1S/C20H22N4O3S2/c1-2-8-21-17-14(18(25)23-9-4-3-7-16(23)22-17)11-15-19(26)24(20(28)29-15)12-13-6-5-10-27-13/h3-4,7,9,11,13,21H,2,5-6,8,10,12H2,1H3/b15-11-/t13-/m0/s1. The molecule has 7 nitrogen and oxygen atoms in total. The van der Waals surface area contributed by atoms with Crippen LogP contribution in [0, 0.1) is 0 Å². The van der Waals surface area contributed by atoms with Crippen LogP contribution in [0.2, 0.25) is 0 Å². The average molecular weight is 431 g/mol. The molecule has 2 fully saturated rings. The molecule has 0 bridgehead atoms. The van der Waals surface area contributed by atoms with Crippen LogP contribution in [0.5, 0.6) is 0 Å². The second kappa shape index (κ2) is 8.64. The second-order valence-corrected chi connectivity index (χ2v) is 8.64. The predicted molar refractivity (Wildman–Crippen MR) is 119 cm³/mol. The lowest BCUT2D eigenvalue weighted by Gasteiger charge is -2.18. The van der Waals surface area contributed by atoms with Crippen LogP contribution >= 0.6 is 24.0 Å². The van der Waals surface area contributed by atoms with E-state index in [4.69, 9.17) is 17.0 Å². The molecular weight excluding hydrogens is 408 g/mol. The fraction of sp³-hybridized carbons (Fsp3) is 0.400. The van der Waals surface area contributed by atoms with Crippen molar-refractivity contribution in [3.05, 3.63) is 45.2 Å². The summed E-state index contributed by atoms with van der Waals surface area (Å²) in [7, 11) is 0. The average Bonchev–Trinajstić information content (AvgIpc) is 3.33. The molecule has 4 rings (SSSR count). The van der Waals surface area contributed by atoms with E-state index in [-0.39, 0.29) is 17.6 Å². The quantitative estimate of drug-likeness (QED) is 0.558. The summed E-state index contributed by atoms with van der Waals surface area (Å²) >= 11 is 6.63. The van der Waals surface area contributed by atoms with E-state index in [9.17, 15) is 9.59 Å². The summed E-state index contributed by atoms with van der Waals surface area (Å²) in [5, 5.41) is 3.21. The summed E-state index contributed by atoms with van der Waals surface area (Å²) in [6.45, 7) is 3.90. The van der Waals surface area contributed by atoms with Crippen molar-refractivity contribution in [1.82, 2.24) is 14.3 Å². The number of anilines is 1. The second-order valence-electron chi connectivity index (χ2n) is 6.96. The Morgan fingerprint density at radius 1 is 1.41 bits per heavy atom. The Hall–Kier alpha value is -2.23. The Kier molecular flexibility index (Phi) is 5.98. The molecule has 0 spiro atoms. The Balaban J connectivity index is 1.71. The number of carbonyl (C=O) groups excluding carboxylic acids is 1. The highest BCUT2D eigenvalue weighted by Gasteiger charge is 2.35. The molecule has 2 aromatic heterocycles. The SMILES string of the molecule is CCCNc1nc2ccccn2c(=O)c1/C=C1\SC(=S)N(C[C@@H]2CCCO2)C1=O. The van der Waals surface area contributed by atoms with Gasteiger partial charge in [-0.15, -0.1) is 0 Å². The van der Waals surface area contributed by atoms with Crippen LogP contribution in [0.25, 0.3) is 11.7 Å². The highest BCUT2D eigenvalue weighted by atomic mass is 32.2. The zero-order valence-corrected chi connectivity index (χ0v) is 17.7. The molecule has 0 saturated carbocycles. The zero-order chi connectivity index (χ0) is 20.4. The fourth-order valence-corrected chi connectivity index (χ4v) is 4.65. The van der Waals surface area contributed by atoms with Crippen molar-refractivity contribution >= 4 is 51.7 Å². The number of hydrogen-bond donors (Lipinski definition) is 1. The Morgan fingerprint density at radius 3 is 3.03 bits per heavy atom. The Morgan fingerprint density at radius 2 is 2.28 bits per heavy atom. The predicted octanol–water partition coefficient (Wildman–Crippen LogP) is 2.90. The molecule has 2 saturated heterocycles. The van der Waals surface area contributed by atoms with Crippen molar-refractivity contribution in [3.63, 3.8) is 0 Å². The summed E-state index contributed by atoms with van der Waals surface area (Å²) in [6, 6.07) is 5.39. The third-order valence-corrected chi connectivity index (χ3v) is 6.25. The summed E-state index contributed by atoms with van der Waals surface area (Å²) in [5.74, 6) is 0.293. The van der Waals surface area contributed by atoms with E-state index in [0.29, 0.717) is 39.3 Å². The minimum Gasteiger partial charge on any atom is -0.376 e. The van der Waals surface area contributed by atoms with Crippen LogP contribution in [-0.2, 0) is 9.53 Å². The lowest BCUT2D eigenvalue weighted by molar-refractivity contribution is -0.123. The van der Waals surface area contributed by atoms with Crippen LogP contribution in [-0.4, -0.2) is 50.3 Å². The van der Waals surface area contributed by atoms with Crippen LogP contribution in [0.4, 0.5) is 5.82 Å². The summed E-state index contributed by atoms with van der Waals surface area (Å²) in [6.07, 6.45) is 6.12. The van der Waals surface area contributed by atoms with Gasteiger partial charge in [0.05, 0.1) is 23.1 Å². The van der Waals surface area contributed by atoms with Gasteiger partial charge in [0, 0.05) is 19.3 Å². The molecule has 2 aliphatic heterocycles. The molecule has 9 heteroatoms. The molecule has 0 radical (unpaired) electrons. The smallest absolute Gasteiger partial charge is 0.267 e. The number of amides is 1. The first-order valence-electron chi connectivity index (χ1n) is 9.70. The van der Waals surface area contributed by atoms with Gasteiger partial charge in [-0.25, -0.2) is 4.98 Å². The van der Waals surface area contributed by atoms with E-state index in [1.54, 1.807) is 29.3 Å². The Bertz CT molecular complexity index is 1040. The number of carbonyl (C=O) groups is 1. The molecular formula is C20H22N4O3S2. The van der Waals surface area contributed by atoms with E-state index >= 15 is 0 Å². The highest BCUT2D eigenvalue weighted by molar-refractivity contribution is 8.26. The first-order valence-corrected chi connectivity index (χ1v) is 10.9. The molecule has 1 atom stereocenters. The molecule has 4 heterocycles. The van der Waals surface area contributed by atoms with Gasteiger partial charge in [0.1, 0.15) is 15.8 Å². The van der Waals surface area contributed by atoms with Gasteiger partial charge in [0.15, 0.2) is 0 Å². The largest absolute Gasteiger partial charge is 0.376 e. The summed E-state index contributed by atoms with van der Waals surface area (Å²) < 4.78 is 7.62. The maximum Gasteiger partial charge on any atom is 0.267 e. The van der Waals surface area contributed by atoms with Crippen LogP contribution in [0.3, 0.4) is 0 Å². The molecule has 1 N–H and O–H groups in total. The minimum atomic E-state index is -0.224. The number of hydrogen-bond acceptors (Lipinski definition) is 7. The van der Waals surface area contributed by atoms with Gasteiger partial charge in [0.2, 0.25) is 0 Å². The first kappa shape index (κ1) is 20.1. The third kappa shape index (κ3) is 4.08. The molecule has 0 aliphatic carbocycles. The van der Waals surface area contributed by atoms with Crippen LogP contribution < -0.4 is 10.9 Å². The van der Waals surface area contributed by atoms with Gasteiger partial charge < -0.3 is 10.1 Å². The number of rotatable bonds is 6. The number of fused-ring (bicyclic) bond motifs is 1. The van der Waals surface area contributed by atoms with Crippen LogP contribution in [0.15, 0.2) is 34.1 Å². The van der Waals surface area contributed by atoms with Gasteiger partial charge in [-0.3, -0.25) is 18.9 Å². The van der Waals surface area contributed by atoms with E-state index in [0.717, 1.165) is 25.9 Å². The van der Waals surface area contributed by atoms with Crippen molar-refractivity contribution < 1.29 is 9.53 Å². The number of ether oxygens (including phenoxy) is 1. The number of nitrogens with zero attached hydrogens (tertiary/aromatic N) is 3. The lowest BCUT2D eigenvalue weighted by atomic mass is 10.2. The molecule has 0 unspecified atom stereocenters. The van der Waals surface area contributed by atoms with Crippen molar-refractivity contribution in [3.8, 4) is 0 Å². The van der Waals surface area contributed by atoms with Crippen molar-refractivity contribution in [2.45, 2.75) is 32.3 Å². The third-order valence-electron chi connectivity index (χ3n) is 4.87. The number of pyridine rings is 1. The molecule has 2 aromatic rings. The number of nitrogens with one attached hydrogen (secondary N) is 1. The normalized spacial score (nSPS) is 20.9. The zero-order valence-electron chi connectivity index (χ0n) is 16.1. The summed E-state index contributed by atoms with van der Waals surface area (Å²) in [5.41, 5.74) is 0.692. The summed E-state index contributed by atoms with van der Waals surface area (Å²) in [4.78, 5) is 32.6. The van der Waals surface area contributed by atoms with E-state index in [1.165, 1.54) is 16.2 Å². The maximum absolute atomic E-state index is 13.1. The van der Waals surface area contributed by atoms with Gasteiger partial charge in [0.25, 0.3) is 11.5 Å². The van der Waals surface area contributed by atoms with E-state index < -0.39 is 0 Å². The topological polar surface area (TPSA) is 75.9 Å². The van der Waals surface area contributed by atoms with Crippen LogP contribution in [0.1, 0.15) is 31.7 Å². The van der Waals surface area contributed by atoms with E-state index in [2.05, 4.69) is 10.3 Å². The molecule has 1 amide bonds. The monoisotopic (exact) mass is 430 g/mol. The number of thiocarbonyl (C=S) groups is 1. The lowest BCUT2D eigenvalue weighted by Crippen LogP contribution is -2.35. The number of aromatic nitrogens is 2. The maximum atomic E-state index is 13.1. The molecule has 152 valence electrons. The van der Waals surface area contributed by atoms with Gasteiger partial charge in [-0.2, -0.15) is 0 Å². The fourth-order valence-electron chi connectivity index (χ4n) is 3.39. The van der Waals surface area contributed by atoms with Crippen molar-refractivity contribution in [2.24, 2.45) is 0 Å². The Labute approximate surface area is 178 Å². The van der Waals surface area contributed by atoms with Crippen molar-refractivity contribution in [1.29, 1.82) is 0 Å². The number of thioether (sulfide) groups is 1. The van der Waals surface area contributed by atoms with Gasteiger partial charge >= 0.3 is 0 Å². The van der Waals surface area contributed by atoms with Gasteiger partial charge in [-0.1, -0.05) is 37.0 Å². The van der Waals surface area contributed by atoms with Gasteiger partial charge in [-0.05, 0) is 37.5 Å². The molecule has 0 aromatic carbocycles.